The fraction of sp³-hybridized carbons (Fsp3) is 0.0588. The summed E-state index contributed by atoms with van der Waals surface area (Å²) in [7, 11) is 0. The maximum Gasteiger partial charge on any atom is 0.0592 e. The second-order valence-corrected chi connectivity index (χ2v) is 4.64. The first-order chi connectivity index (χ1) is 9.33. The van der Waals surface area contributed by atoms with Crippen LogP contribution in [0, 0.1) is 0 Å². The number of hydrazine groups is 1. The number of para-hydroxylation sites is 1. The largest absolute Gasteiger partial charge is 0.307 e. The molecule has 2 N–H and O–H groups in total. The molecular formula is C17H16N2. The lowest BCUT2D eigenvalue weighted by Gasteiger charge is -2.18. The van der Waals surface area contributed by atoms with Gasteiger partial charge in [-0.1, -0.05) is 54.6 Å². The van der Waals surface area contributed by atoms with Gasteiger partial charge >= 0.3 is 0 Å². The smallest absolute Gasteiger partial charge is 0.0592 e. The summed E-state index contributed by atoms with van der Waals surface area (Å²) in [6.45, 7) is 0.703. The normalized spacial score (nSPS) is 10.6. The van der Waals surface area contributed by atoms with Crippen molar-refractivity contribution < 1.29 is 0 Å². The van der Waals surface area contributed by atoms with Crippen LogP contribution in [-0.2, 0) is 6.54 Å². The highest BCUT2D eigenvalue weighted by atomic mass is 15.4. The van der Waals surface area contributed by atoms with E-state index >= 15 is 0 Å². The fourth-order valence-corrected chi connectivity index (χ4v) is 2.24. The number of fused-ring (bicyclic) bond motifs is 1. The first kappa shape index (κ1) is 11.8. The summed E-state index contributed by atoms with van der Waals surface area (Å²) in [5.41, 5.74) is 2.24. The maximum atomic E-state index is 6.10. The molecule has 0 atom stereocenters. The van der Waals surface area contributed by atoms with E-state index in [-0.39, 0.29) is 0 Å². The predicted octanol–water partition coefficient (Wildman–Crippen LogP) is 3.72. The highest BCUT2D eigenvalue weighted by Gasteiger charge is 2.02. The van der Waals surface area contributed by atoms with Gasteiger partial charge in [-0.3, -0.25) is 0 Å². The van der Waals surface area contributed by atoms with Crippen LogP contribution in [0.1, 0.15) is 5.56 Å². The Hall–Kier alpha value is -2.32. The Morgan fingerprint density at radius 1 is 0.737 bits per heavy atom. The minimum Gasteiger partial charge on any atom is -0.307 e. The van der Waals surface area contributed by atoms with Gasteiger partial charge in [0.15, 0.2) is 0 Å². The fourth-order valence-electron chi connectivity index (χ4n) is 2.24. The lowest BCUT2D eigenvalue weighted by molar-refractivity contribution is 0.854. The summed E-state index contributed by atoms with van der Waals surface area (Å²) >= 11 is 0. The third-order valence-electron chi connectivity index (χ3n) is 3.25. The molecule has 0 radical (unpaired) electrons. The number of nitrogens with zero attached hydrogens (tertiary/aromatic N) is 1. The van der Waals surface area contributed by atoms with Gasteiger partial charge in [0.25, 0.3) is 0 Å². The number of benzene rings is 3. The molecule has 0 aromatic heterocycles. The minimum atomic E-state index is 0.703. The molecule has 2 nitrogen and oxygen atoms in total. The average molecular weight is 248 g/mol. The molecule has 0 amide bonds. The van der Waals surface area contributed by atoms with E-state index in [1.54, 1.807) is 5.01 Å². The van der Waals surface area contributed by atoms with Gasteiger partial charge in [0.1, 0.15) is 0 Å². The zero-order valence-electron chi connectivity index (χ0n) is 10.7. The molecule has 0 aliphatic heterocycles. The quantitative estimate of drug-likeness (QED) is 0.565. The summed E-state index contributed by atoms with van der Waals surface area (Å²) in [5.74, 6) is 6.10. The summed E-state index contributed by atoms with van der Waals surface area (Å²) in [4.78, 5) is 0. The molecule has 3 rings (SSSR count). The predicted molar refractivity (Wildman–Crippen MR) is 80.8 cm³/mol. The number of rotatable bonds is 3. The Morgan fingerprint density at radius 3 is 2.21 bits per heavy atom. The minimum absolute atomic E-state index is 0.703. The average Bonchev–Trinajstić information content (AvgIpc) is 2.48. The van der Waals surface area contributed by atoms with E-state index < -0.39 is 0 Å². The molecule has 94 valence electrons. The number of anilines is 1. The molecule has 0 saturated heterocycles. The molecule has 19 heavy (non-hydrogen) atoms. The molecule has 0 heterocycles. The zero-order valence-corrected chi connectivity index (χ0v) is 10.7. The van der Waals surface area contributed by atoms with Crippen molar-refractivity contribution in [2.75, 3.05) is 5.01 Å². The first-order valence-corrected chi connectivity index (χ1v) is 6.38. The second kappa shape index (κ2) is 5.12. The van der Waals surface area contributed by atoms with Crippen molar-refractivity contribution in [1.82, 2.24) is 0 Å². The molecule has 0 saturated carbocycles. The molecule has 2 heteroatoms. The van der Waals surface area contributed by atoms with Crippen molar-refractivity contribution in [3.8, 4) is 0 Å². The molecule has 0 unspecified atom stereocenters. The van der Waals surface area contributed by atoms with Gasteiger partial charge in [0.05, 0.1) is 12.2 Å². The van der Waals surface area contributed by atoms with E-state index in [2.05, 4.69) is 42.5 Å². The summed E-state index contributed by atoms with van der Waals surface area (Å²) in [6.07, 6.45) is 0. The van der Waals surface area contributed by atoms with Gasteiger partial charge in [-0.05, 0) is 34.5 Å². The van der Waals surface area contributed by atoms with Crippen molar-refractivity contribution >= 4 is 16.5 Å². The molecule has 0 aliphatic rings. The van der Waals surface area contributed by atoms with E-state index in [9.17, 15) is 0 Å². The third kappa shape index (κ3) is 2.59. The zero-order chi connectivity index (χ0) is 13.1. The van der Waals surface area contributed by atoms with E-state index in [0.717, 1.165) is 5.69 Å². The number of hydrogen-bond donors (Lipinski definition) is 1. The monoisotopic (exact) mass is 248 g/mol. The standard InChI is InChI=1S/C17H16N2/c18-19(17-8-2-1-3-9-17)13-14-10-11-15-6-4-5-7-16(15)12-14/h1-12H,13,18H2. The molecule has 0 spiro atoms. The van der Waals surface area contributed by atoms with Crippen LogP contribution in [0.25, 0.3) is 10.8 Å². The molecule has 0 aliphatic carbocycles. The molecule has 0 bridgehead atoms. The Kier molecular flexibility index (Phi) is 3.17. The van der Waals surface area contributed by atoms with Crippen LogP contribution in [0.15, 0.2) is 72.8 Å². The van der Waals surface area contributed by atoms with E-state index in [1.807, 2.05) is 30.3 Å². The van der Waals surface area contributed by atoms with E-state index in [4.69, 9.17) is 5.84 Å². The SMILES string of the molecule is NN(Cc1ccc2ccccc2c1)c1ccccc1. The lowest BCUT2D eigenvalue weighted by Crippen LogP contribution is -2.29. The lowest BCUT2D eigenvalue weighted by atomic mass is 10.1. The number of nitrogens with two attached hydrogens (primary N) is 1. The maximum absolute atomic E-state index is 6.10. The van der Waals surface area contributed by atoms with Crippen LogP contribution in [0.4, 0.5) is 5.69 Å². The Labute approximate surface area is 113 Å². The van der Waals surface area contributed by atoms with Crippen molar-refractivity contribution in [1.29, 1.82) is 0 Å². The summed E-state index contributed by atoms with van der Waals surface area (Å²) in [6, 6.07) is 24.8. The molecular weight excluding hydrogens is 232 g/mol. The summed E-state index contributed by atoms with van der Waals surface area (Å²) in [5, 5.41) is 4.28. The molecule has 0 fully saturated rings. The van der Waals surface area contributed by atoms with Crippen molar-refractivity contribution in [2.45, 2.75) is 6.54 Å². The Balaban J connectivity index is 1.85. The van der Waals surface area contributed by atoms with Crippen molar-refractivity contribution in [2.24, 2.45) is 5.84 Å². The van der Waals surface area contributed by atoms with Gasteiger partial charge < -0.3 is 5.01 Å². The van der Waals surface area contributed by atoms with Gasteiger partial charge in [0.2, 0.25) is 0 Å². The molecule has 3 aromatic carbocycles. The van der Waals surface area contributed by atoms with Gasteiger partial charge in [0, 0.05) is 0 Å². The van der Waals surface area contributed by atoms with Gasteiger partial charge in [-0.15, -0.1) is 0 Å². The van der Waals surface area contributed by atoms with Crippen LogP contribution in [0.5, 0.6) is 0 Å². The van der Waals surface area contributed by atoms with Crippen LogP contribution < -0.4 is 10.9 Å². The van der Waals surface area contributed by atoms with E-state index in [0.29, 0.717) is 6.54 Å². The van der Waals surface area contributed by atoms with Gasteiger partial charge in [-0.25, -0.2) is 5.84 Å². The van der Waals surface area contributed by atoms with Crippen LogP contribution in [0.3, 0.4) is 0 Å². The van der Waals surface area contributed by atoms with Crippen molar-refractivity contribution in [3.63, 3.8) is 0 Å². The van der Waals surface area contributed by atoms with E-state index in [1.165, 1.54) is 16.3 Å². The highest BCUT2D eigenvalue weighted by Crippen LogP contribution is 2.18. The molecule has 3 aromatic rings. The van der Waals surface area contributed by atoms with Crippen LogP contribution in [-0.4, -0.2) is 0 Å². The topological polar surface area (TPSA) is 29.3 Å². The van der Waals surface area contributed by atoms with Crippen LogP contribution in [0.2, 0.25) is 0 Å². The van der Waals surface area contributed by atoms with Crippen molar-refractivity contribution in [3.05, 3.63) is 78.4 Å². The van der Waals surface area contributed by atoms with Gasteiger partial charge in [-0.2, -0.15) is 0 Å². The van der Waals surface area contributed by atoms with Crippen LogP contribution >= 0.6 is 0 Å². The third-order valence-corrected chi connectivity index (χ3v) is 3.25. The second-order valence-electron chi connectivity index (χ2n) is 4.64. The summed E-state index contributed by atoms with van der Waals surface area (Å²) < 4.78 is 0. The Bertz CT molecular complexity index is 677. The number of hydrogen-bond acceptors (Lipinski definition) is 2. The Morgan fingerprint density at radius 2 is 1.42 bits per heavy atom. The first-order valence-electron chi connectivity index (χ1n) is 6.38. The highest BCUT2D eigenvalue weighted by molar-refractivity contribution is 5.83.